The lowest BCUT2D eigenvalue weighted by molar-refractivity contribution is -0.384. The Morgan fingerprint density at radius 1 is 0.944 bits per heavy atom. The molecule has 0 aromatic heterocycles. The third-order valence-electron chi connectivity index (χ3n) is 5.68. The molecule has 1 aliphatic rings. The Bertz CT molecular complexity index is 1320. The van der Waals surface area contributed by atoms with E-state index in [9.17, 15) is 29.3 Å². The van der Waals surface area contributed by atoms with Gasteiger partial charge in [-0.2, -0.15) is 0 Å². The van der Waals surface area contributed by atoms with Gasteiger partial charge in [-0.15, -0.1) is 0 Å². The minimum Gasteiger partial charge on any atom is -0.462 e. The summed E-state index contributed by atoms with van der Waals surface area (Å²) in [7, 11) is 0. The molecule has 0 saturated heterocycles. The Kier molecular flexibility index (Phi) is 6.86. The van der Waals surface area contributed by atoms with E-state index >= 15 is 0 Å². The first kappa shape index (κ1) is 24.3. The molecule has 182 valence electrons. The molecule has 1 atom stereocenters. The van der Waals surface area contributed by atoms with Crippen molar-refractivity contribution in [2.24, 2.45) is 0 Å². The van der Waals surface area contributed by atoms with E-state index in [1.165, 1.54) is 60.7 Å². The van der Waals surface area contributed by atoms with Gasteiger partial charge in [0.05, 0.1) is 28.2 Å². The molecule has 0 fully saturated rings. The second kappa shape index (κ2) is 10.2. The number of hydrogen-bond donors (Lipinski definition) is 1. The zero-order chi connectivity index (χ0) is 25.8. The van der Waals surface area contributed by atoms with E-state index in [4.69, 9.17) is 4.74 Å². The van der Waals surface area contributed by atoms with Crippen molar-refractivity contribution in [1.82, 2.24) is 4.90 Å². The zero-order valence-corrected chi connectivity index (χ0v) is 19.2. The van der Waals surface area contributed by atoms with Crippen LogP contribution >= 0.6 is 0 Å². The third kappa shape index (κ3) is 4.83. The van der Waals surface area contributed by atoms with Crippen LogP contribution in [0.4, 0.5) is 11.4 Å². The number of carbonyl (C=O) groups is 4. The van der Waals surface area contributed by atoms with Crippen molar-refractivity contribution in [3.05, 3.63) is 105 Å². The fourth-order valence-corrected chi connectivity index (χ4v) is 3.90. The molecule has 10 heteroatoms. The largest absolute Gasteiger partial charge is 0.462 e. The van der Waals surface area contributed by atoms with Crippen LogP contribution in [0.25, 0.3) is 0 Å². The van der Waals surface area contributed by atoms with Gasteiger partial charge in [0.2, 0.25) is 5.91 Å². The number of nitrogens with one attached hydrogen (secondary N) is 1. The van der Waals surface area contributed by atoms with E-state index in [0.29, 0.717) is 16.8 Å². The van der Waals surface area contributed by atoms with Gasteiger partial charge in [-0.25, -0.2) is 4.79 Å². The summed E-state index contributed by atoms with van der Waals surface area (Å²) in [6.07, 6.45) is -0.0593. The molecular weight excluding hydrogens is 466 g/mol. The normalized spacial score (nSPS) is 13.2. The van der Waals surface area contributed by atoms with Crippen LogP contribution in [-0.4, -0.2) is 46.2 Å². The Labute approximate surface area is 205 Å². The monoisotopic (exact) mass is 487 g/mol. The van der Waals surface area contributed by atoms with Gasteiger partial charge in [-0.1, -0.05) is 24.3 Å². The van der Waals surface area contributed by atoms with Gasteiger partial charge < -0.3 is 10.1 Å². The number of carbonyl (C=O) groups excluding carboxylic acids is 4. The number of ether oxygens (including phenoxy) is 1. The number of benzene rings is 3. The number of rotatable bonds is 8. The van der Waals surface area contributed by atoms with Crippen molar-refractivity contribution < 1.29 is 28.8 Å². The number of hydrogen-bond acceptors (Lipinski definition) is 7. The standard InChI is InChI=1S/C26H21N3O7/c1-2-36-26(33)17-9-11-18(12-10-17)27-23(30)22(15-16-7-13-19(14-8-16)29(34)35)28-24(31)20-5-3-4-6-21(20)25(28)32/h3-14,22H,2,15H2,1H3,(H,27,30)/t22-/m1/s1. The maximum atomic E-state index is 13.4. The quantitative estimate of drug-likeness (QED) is 0.222. The van der Waals surface area contributed by atoms with Crippen molar-refractivity contribution in [3.8, 4) is 0 Å². The van der Waals surface area contributed by atoms with Crippen LogP contribution in [0.1, 0.15) is 43.6 Å². The summed E-state index contributed by atoms with van der Waals surface area (Å²) in [6.45, 7) is 1.92. The summed E-state index contributed by atoms with van der Waals surface area (Å²) >= 11 is 0. The molecule has 3 aromatic carbocycles. The first-order valence-electron chi connectivity index (χ1n) is 11.1. The number of nitro groups is 1. The summed E-state index contributed by atoms with van der Waals surface area (Å²) in [5.74, 6) is -2.34. The minimum atomic E-state index is -1.23. The van der Waals surface area contributed by atoms with E-state index in [1.807, 2.05) is 0 Å². The maximum Gasteiger partial charge on any atom is 0.338 e. The highest BCUT2D eigenvalue weighted by Crippen LogP contribution is 2.27. The van der Waals surface area contributed by atoms with E-state index in [0.717, 1.165) is 4.90 Å². The molecule has 36 heavy (non-hydrogen) atoms. The fourth-order valence-electron chi connectivity index (χ4n) is 3.90. The van der Waals surface area contributed by atoms with Crippen LogP contribution in [0.3, 0.4) is 0 Å². The van der Waals surface area contributed by atoms with Gasteiger partial charge in [0, 0.05) is 24.2 Å². The van der Waals surface area contributed by atoms with Gasteiger partial charge in [0.15, 0.2) is 0 Å². The highest BCUT2D eigenvalue weighted by molar-refractivity contribution is 6.23. The molecule has 0 spiro atoms. The summed E-state index contributed by atoms with van der Waals surface area (Å²) in [5, 5.41) is 13.7. The Hall–Kier alpha value is -4.86. The van der Waals surface area contributed by atoms with Gasteiger partial charge in [-0.05, 0) is 48.9 Å². The van der Waals surface area contributed by atoms with Crippen molar-refractivity contribution in [2.75, 3.05) is 11.9 Å². The number of imide groups is 1. The lowest BCUT2D eigenvalue weighted by atomic mass is 10.0. The van der Waals surface area contributed by atoms with E-state index in [1.54, 1.807) is 19.1 Å². The van der Waals surface area contributed by atoms with Crippen molar-refractivity contribution in [3.63, 3.8) is 0 Å². The average Bonchev–Trinajstić information content (AvgIpc) is 3.13. The molecule has 3 aromatic rings. The number of anilines is 1. The smallest absolute Gasteiger partial charge is 0.338 e. The number of esters is 1. The second-order valence-electron chi connectivity index (χ2n) is 7.96. The summed E-state index contributed by atoms with van der Waals surface area (Å²) < 4.78 is 4.95. The lowest BCUT2D eigenvalue weighted by Gasteiger charge is -2.25. The van der Waals surface area contributed by atoms with Gasteiger partial charge in [-0.3, -0.25) is 29.4 Å². The highest BCUT2D eigenvalue weighted by atomic mass is 16.6. The third-order valence-corrected chi connectivity index (χ3v) is 5.68. The number of fused-ring (bicyclic) bond motifs is 1. The van der Waals surface area contributed by atoms with Gasteiger partial charge in [0.1, 0.15) is 6.04 Å². The Balaban J connectivity index is 1.62. The fraction of sp³-hybridized carbons (Fsp3) is 0.154. The van der Waals surface area contributed by atoms with Gasteiger partial charge >= 0.3 is 5.97 Å². The molecule has 0 aliphatic carbocycles. The van der Waals surface area contributed by atoms with Crippen LogP contribution in [0.5, 0.6) is 0 Å². The first-order valence-corrected chi connectivity index (χ1v) is 11.1. The SMILES string of the molecule is CCOC(=O)c1ccc(NC(=O)[C@@H](Cc2ccc([N+](=O)[O-])cc2)N2C(=O)c3ccccc3C2=O)cc1. The van der Waals surface area contributed by atoms with E-state index in [-0.39, 0.29) is 29.8 Å². The zero-order valence-electron chi connectivity index (χ0n) is 19.2. The number of nitro benzene ring substituents is 1. The van der Waals surface area contributed by atoms with E-state index in [2.05, 4.69) is 5.32 Å². The van der Waals surface area contributed by atoms with Crippen LogP contribution in [0.2, 0.25) is 0 Å². The molecule has 4 rings (SSSR count). The predicted octanol–water partition coefficient (Wildman–Crippen LogP) is 3.62. The number of non-ortho nitro benzene ring substituents is 1. The number of nitrogens with zero attached hydrogens (tertiary/aromatic N) is 2. The minimum absolute atomic E-state index is 0.0593. The summed E-state index contributed by atoms with van der Waals surface area (Å²) in [5.41, 5.74) is 1.44. The molecule has 1 aliphatic heterocycles. The van der Waals surface area contributed by atoms with Crippen LogP contribution in [-0.2, 0) is 16.0 Å². The Morgan fingerprint density at radius 3 is 2.06 bits per heavy atom. The second-order valence-corrected chi connectivity index (χ2v) is 7.96. The van der Waals surface area contributed by atoms with Crippen LogP contribution in [0, 0.1) is 10.1 Å². The van der Waals surface area contributed by atoms with Crippen LogP contribution in [0.15, 0.2) is 72.8 Å². The van der Waals surface area contributed by atoms with E-state index < -0.39 is 34.7 Å². The van der Waals surface area contributed by atoms with Crippen molar-refractivity contribution >= 4 is 35.1 Å². The number of amides is 3. The molecule has 1 heterocycles. The predicted molar refractivity (Wildman–Crippen MR) is 129 cm³/mol. The molecular formula is C26H21N3O7. The summed E-state index contributed by atoms with van der Waals surface area (Å²) in [6, 6.07) is 16.6. The maximum absolute atomic E-state index is 13.4. The molecule has 3 amide bonds. The highest BCUT2D eigenvalue weighted by Gasteiger charge is 2.42. The molecule has 0 unspecified atom stereocenters. The molecule has 10 nitrogen and oxygen atoms in total. The molecule has 1 N–H and O–H groups in total. The Morgan fingerprint density at radius 2 is 1.53 bits per heavy atom. The molecule has 0 bridgehead atoms. The van der Waals surface area contributed by atoms with Gasteiger partial charge in [0.25, 0.3) is 17.5 Å². The van der Waals surface area contributed by atoms with Crippen molar-refractivity contribution in [2.45, 2.75) is 19.4 Å². The first-order chi connectivity index (χ1) is 17.3. The average molecular weight is 487 g/mol. The van der Waals surface area contributed by atoms with Crippen LogP contribution < -0.4 is 5.32 Å². The molecule has 0 radical (unpaired) electrons. The topological polar surface area (TPSA) is 136 Å². The summed E-state index contributed by atoms with van der Waals surface area (Å²) in [4.78, 5) is 62.8. The lowest BCUT2D eigenvalue weighted by Crippen LogP contribution is -2.48. The van der Waals surface area contributed by atoms with Crippen molar-refractivity contribution in [1.29, 1.82) is 0 Å². The molecule has 0 saturated carbocycles.